The number of rotatable bonds is 5. The average Bonchev–Trinajstić information content (AvgIpc) is 2.60. The molecule has 1 aliphatic rings. The Balaban J connectivity index is 1.47. The van der Waals surface area contributed by atoms with E-state index >= 15 is 0 Å². The first-order valence-corrected chi connectivity index (χ1v) is 7.97. The van der Waals surface area contributed by atoms with Gasteiger partial charge in [-0.15, -0.1) is 0 Å². The number of ether oxygens (including phenoxy) is 1. The van der Waals surface area contributed by atoms with Crippen LogP contribution in [0.3, 0.4) is 0 Å². The molecule has 120 valence electrons. The molecule has 1 heterocycles. The van der Waals surface area contributed by atoms with Gasteiger partial charge in [0.05, 0.1) is 7.11 Å². The maximum Gasteiger partial charge on any atom is 0.225 e. The second-order valence-corrected chi connectivity index (χ2v) is 5.82. The van der Waals surface area contributed by atoms with Gasteiger partial charge in [-0.2, -0.15) is 0 Å². The molecule has 1 aliphatic heterocycles. The van der Waals surface area contributed by atoms with Crippen LogP contribution in [-0.2, 0) is 17.8 Å². The summed E-state index contributed by atoms with van der Waals surface area (Å²) in [5, 5.41) is 2.93. The van der Waals surface area contributed by atoms with E-state index in [1.807, 2.05) is 24.3 Å². The molecule has 23 heavy (non-hydrogen) atoms. The van der Waals surface area contributed by atoms with E-state index in [0.29, 0.717) is 6.42 Å². The van der Waals surface area contributed by atoms with Crippen LogP contribution >= 0.6 is 0 Å². The topological polar surface area (TPSA) is 41.6 Å². The number of hydrogen-bond acceptors (Lipinski definition) is 3. The summed E-state index contributed by atoms with van der Waals surface area (Å²) in [6, 6.07) is 16.0. The molecule has 4 nitrogen and oxygen atoms in total. The molecule has 1 amide bonds. The number of carbonyl (C=O) groups is 1. The summed E-state index contributed by atoms with van der Waals surface area (Å²) >= 11 is 0. The maximum absolute atomic E-state index is 12.1. The third kappa shape index (κ3) is 4.11. The van der Waals surface area contributed by atoms with Crippen LogP contribution in [0.4, 0.5) is 5.69 Å². The minimum Gasteiger partial charge on any atom is -0.497 e. The maximum atomic E-state index is 12.1. The van der Waals surface area contributed by atoms with Crippen LogP contribution in [0.15, 0.2) is 48.5 Å². The van der Waals surface area contributed by atoms with Crippen LogP contribution in [0.2, 0.25) is 0 Å². The zero-order valence-electron chi connectivity index (χ0n) is 13.4. The summed E-state index contributed by atoms with van der Waals surface area (Å²) in [5.74, 6) is 0.837. The first-order valence-electron chi connectivity index (χ1n) is 7.97. The normalized spacial score (nSPS) is 14.1. The Labute approximate surface area is 137 Å². The number of hydrogen-bond donors (Lipinski definition) is 1. The van der Waals surface area contributed by atoms with Crippen molar-refractivity contribution in [1.29, 1.82) is 0 Å². The lowest BCUT2D eigenvalue weighted by molar-refractivity contribution is -0.116. The predicted molar refractivity (Wildman–Crippen MR) is 91.7 cm³/mol. The number of fused-ring (bicyclic) bond motifs is 1. The molecule has 0 fully saturated rings. The van der Waals surface area contributed by atoms with Crippen molar-refractivity contribution in [3.63, 3.8) is 0 Å². The molecular weight excluding hydrogens is 288 g/mol. The molecule has 1 N–H and O–H groups in total. The number of benzene rings is 2. The van der Waals surface area contributed by atoms with Crippen molar-refractivity contribution in [2.45, 2.75) is 19.4 Å². The quantitative estimate of drug-likeness (QED) is 0.923. The summed E-state index contributed by atoms with van der Waals surface area (Å²) < 4.78 is 5.11. The van der Waals surface area contributed by atoms with Gasteiger partial charge in [0.25, 0.3) is 0 Å². The Hall–Kier alpha value is -2.33. The standard InChI is InChI=1S/C19H22N2O2/c1-23-18-8-6-17(7-9-18)20-19(22)11-13-21-12-10-15-4-2-3-5-16(15)14-21/h2-9H,10-14H2,1H3,(H,20,22). The fourth-order valence-electron chi connectivity index (χ4n) is 2.90. The highest BCUT2D eigenvalue weighted by Crippen LogP contribution is 2.19. The van der Waals surface area contributed by atoms with E-state index in [-0.39, 0.29) is 5.91 Å². The molecule has 0 spiro atoms. The SMILES string of the molecule is COc1ccc(NC(=O)CCN2CCc3ccccc3C2)cc1. The summed E-state index contributed by atoms with van der Waals surface area (Å²) in [7, 11) is 1.63. The van der Waals surface area contributed by atoms with Gasteiger partial charge in [-0.1, -0.05) is 24.3 Å². The van der Waals surface area contributed by atoms with E-state index < -0.39 is 0 Å². The number of carbonyl (C=O) groups excluding carboxylic acids is 1. The zero-order valence-corrected chi connectivity index (χ0v) is 13.4. The molecule has 0 radical (unpaired) electrons. The Morgan fingerprint density at radius 1 is 1.13 bits per heavy atom. The minimum absolute atomic E-state index is 0.0500. The van der Waals surface area contributed by atoms with Crippen LogP contribution in [0.1, 0.15) is 17.5 Å². The Morgan fingerprint density at radius 2 is 1.87 bits per heavy atom. The van der Waals surface area contributed by atoms with Gasteiger partial charge in [0.15, 0.2) is 0 Å². The lowest BCUT2D eigenvalue weighted by Gasteiger charge is -2.28. The molecule has 2 aromatic carbocycles. The van der Waals surface area contributed by atoms with Crippen LogP contribution in [0.25, 0.3) is 0 Å². The molecule has 0 atom stereocenters. The summed E-state index contributed by atoms with van der Waals surface area (Å²) in [6.45, 7) is 2.75. The van der Waals surface area contributed by atoms with Gasteiger partial charge in [-0.05, 0) is 41.8 Å². The average molecular weight is 310 g/mol. The molecule has 0 aromatic heterocycles. The number of anilines is 1. The Morgan fingerprint density at radius 3 is 2.61 bits per heavy atom. The smallest absolute Gasteiger partial charge is 0.225 e. The van der Waals surface area contributed by atoms with Gasteiger partial charge in [0.2, 0.25) is 5.91 Å². The van der Waals surface area contributed by atoms with E-state index in [0.717, 1.165) is 37.5 Å². The Kier molecular flexibility index (Phi) is 4.93. The van der Waals surface area contributed by atoms with Crippen LogP contribution in [0.5, 0.6) is 5.75 Å². The summed E-state index contributed by atoms with van der Waals surface area (Å²) in [4.78, 5) is 14.4. The molecule has 0 unspecified atom stereocenters. The highest BCUT2D eigenvalue weighted by molar-refractivity contribution is 5.90. The van der Waals surface area contributed by atoms with Gasteiger partial charge >= 0.3 is 0 Å². The van der Waals surface area contributed by atoms with E-state index in [2.05, 4.69) is 34.5 Å². The zero-order chi connectivity index (χ0) is 16.1. The highest BCUT2D eigenvalue weighted by atomic mass is 16.5. The van der Waals surface area contributed by atoms with Gasteiger partial charge in [-0.3, -0.25) is 9.69 Å². The van der Waals surface area contributed by atoms with E-state index in [1.165, 1.54) is 11.1 Å². The van der Waals surface area contributed by atoms with Crippen LogP contribution < -0.4 is 10.1 Å². The third-order valence-electron chi connectivity index (χ3n) is 4.24. The highest BCUT2D eigenvalue weighted by Gasteiger charge is 2.16. The van der Waals surface area contributed by atoms with Gasteiger partial charge in [0, 0.05) is 31.7 Å². The van der Waals surface area contributed by atoms with E-state index in [1.54, 1.807) is 7.11 Å². The van der Waals surface area contributed by atoms with Crippen molar-refractivity contribution >= 4 is 11.6 Å². The van der Waals surface area contributed by atoms with Crippen molar-refractivity contribution in [3.8, 4) is 5.75 Å². The van der Waals surface area contributed by atoms with E-state index in [9.17, 15) is 4.79 Å². The molecule has 2 aromatic rings. The lowest BCUT2D eigenvalue weighted by Crippen LogP contribution is -2.33. The van der Waals surface area contributed by atoms with Gasteiger partial charge in [-0.25, -0.2) is 0 Å². The lowest BCUT2D eigenvalue weighted by atomic mass is 10.00. The summed E-state index contributed by atoms with van der Waals surface area (Å²) in [6.07, 6.45) is 1.57. The fraction of sp³-hybridized carbons (Fsp3) is 0.316. The third-order valence-corrected chi connectivity index (χ3v) is 4.24. The van der Waals surface area contributed by atoms with Gasteiger partial charge in [0.1, 0.15) is 5.75 Å². The molecule has 4 heteroatoms. The van der Waals surface area contributed by atoms with E-state index in [4.69, 9.17) is 4.74 Å². The van der Waals surface area contributed by atoms with Crippen molar-refractivity contribution < 1.29 is 9.53 Å². The first kappa shape index (κ1) is 15.6. The Bertz CT molecular complexity index is 667. The minimum atomic E-state index is 0.0500. The molecule has 0 bridgehead atoms. The van der Waals surface area contributed by atoms with Crippen molar-refractivity contribution in [2.75, 3.05) is 25.5 Å². The van der Waals surface area contributed by atoms with Crippen LogP contribution in [-0.4, -0.2) is 31.0 Å². The van der Waals surface area contributed by atoms with Crippen molar-refractivity contribution in [2.24, 2.45) is 0 Å². The largest absolute Gasteiger partial charge is 0.497 e. The first-order chi connectivity index (χ1) is 11.2. The number of methoxy groups -OCH3 is 1. The van der Waals surface area contributed by atoms with Crippen molar-refractivity contribution in [3.05, 3.63) is 59.7 Å². The van der Waals surface area contributed by atoms with Gasteiger partial charge < -0.3 is 10.1 Å². The molecule has 3 rings (SSSR count). The molecule has 0 aliphatic carbocycles. The molecule has 0 saturated heterocycles. The molecular formula is C19H22N2O2. The predicted octanol–water partition coefficient (Wildman–Crippen LogP) is 3.08. The number of nitrogens with zero attached hydrogens (tertiary/aromatic N) is 1. The molecule has 0 saturated carbocycles. The van der Waals surface area contributed by atoms with Crippen molar-refractivity contribution in [1.82, 2.24) is 4.90 Å². The second kappa shape index (κ2) is 7.29. The monoisotopic (exact) mass is 310 g/mol. The van der Waals surface area contributed by atoms with Crippen LogP contribution in [0, 0.1) is 0 Å². The summed E-state index contributed by atoms with van der Waals surface area (Å²) in [5.41, 5.74) is 3.63. The number of amides is 1. The fourth-order valence-corrected chi connectivity index (χ4v) is 2.90. The number of nitrogens with one attached hydrogen (secondary N) is 1. The second-order valence-electron chi connectivity index (χ2n) is 5.82.